The Morgan fingerprint density at radius 2 is 2.40 bits per heavy atom. The second-order valence-electron chi connectivity index (χ2n) is 2.05. The van der Waals surface area contributed by atoms with Crippen molar-refractivity contribution in [2.24, 2.45) is 0 Å². The SMILES string of the molecule is O=c1cc2[nH]ccc2co1. The molecule has 0 bridgehead atoms. The standard InChI is InChI=1S/C7H5NO2/c9-7-3-6-5(4-10-7)1-2-8-6/h1-4,8H. The molecule has 0 spiro atoms. The third-order valence-electron chi connectivity index (χ3n) is 1.38. The van der Waals surface area contributed by atoms with E-state index in [1.54, 1.807) is 6.20 Å². The first kappa shape index (κ1) is 5.29. The molecule has 2 rings (SSSR count). The zero-order chi connectivity index (χ0) is 6.97. The number of H-pyrrole nitrogens is 1. The van der Waals surface area contributed by atoms with Crippen LogP contribution in [0.3, 0.4) is 0 Å². The fourth-order valence-electron chi connectivity index (χ4n) is 0.896. The van der Waals surface area contributed by atoms with Crippen molar-refractivity contribution in [3.8, 4) is 0 Å². The van der Waals surface area contributed by atoms with E-state index < -0.39 is 0 Å². The first-order valence-electron chi connectivity index (χ1n) is 2.92. The van der Waals surface area contributed by atoms with Crippen LogP contribution in [0.1, 0.15) is 0 Å². The van der Waals surface area contributed by atoms with Crippen molar-refractivity contribution in [2.45, 2.75) is 0 Å². The van der Waals surface area contributed by atoms with E-state index >= 15 is 0 Å². The topological polar surface area (TPSA) is 46.0 Å². The van der Waals surface area contributed by atoms with Gasteiger partial charge in [0.15, 0.2) is 0 Å². The molecule has 1 N–H and O–H groups in total. The summed E-state index contributed by atoms with van der Waals surface area (Å²) in [5.74, 6) is 0. The maximum absolute atomic E-state index is 10.6. The van der Waals surface area contributed by atoms with Gasteiger partial charge in [0.1, 0.15) is 6.26 Å². The van der Waals surface area contributed by atoms with Crippen molar-refractivity contribution in [1.82, 2.24) is 4.98 Å². The predicted molar refractivity (Wildman–Crippen MR) is 36.8 cm³/mol. The van der Waals surface area contributed by atoms with Gasteiger partial charge in [0.05, 0.1) is 5.52 Å². The number of nitrogens with one attached hydrogen (secondary N) is 1. The number of hydrogen-bond acceptors (Lipinski definition) is 2. The van der Waals surface area contributed by atoms with Crippen LogP contribution in [0.5, 0.6) is 0 Å². The Kier molecular flexibility index (Phi) is 0.917. The largest absolute Gasteiger partial charge is 0.431 e. The van der Waals surface area contributed by atoms with Gasteiger partial charge in [-0.05, 0) is 6.07 Å². The zero-order valence-electron chi connectivity index (χ0n) is 5.13. The number of aromatic nitrogens is 1. The van der Waals surface area contributed by atoms with Gasteiger partial charge >= 0.3 is 5.63 Å². The minimum Gasteiger partial charge on any atom is -0.431 e. The van der Waals surface area contributed by atoms with E-state index in [4.69, 9.17) is 0 Å². The first-order valence-corrected chi connectivity index (χ1v) is 2.92. The van der Waals surface area contributed by atoms with Crippen LogP contribution in [0.2, 0.25) is 0 Å². The van der Waals surface area contributed by atoms with Gasteiger partial charge in [-0.2, -0.15) is 0 Å². The molecule has 3 nitrogen and oxygen atoms in total. The summed E-state index contributed by atoms with van der Waals surface area (Å²) in [6.07, 6.45) is 3.20. The summed E-state index contributed by atoms with van der Waals surface area (Å²) >= 11 is 0. The summed E-state index contributed by atoms with van der Waals surface area (Å²) in [4.78, 5) is 13.5. The predicted octanol–water partition coefficient (Wildman–Crippen LogP) is 1.12. The van der Waals surface area contributed by atoms with Crippen molar-refractivity contribution < 1.29 is 4.42 Å². The summed E-state index contributed by atoms with van der Waals surface area (Å²) in [5, 5.41) is 0.916. The number of rotatable bonds is 0. The molecule has 0 saturated heterocycles. The van der Waals surface area contributed by atoms with Gasteiger partial charge in [-0.1, -0.05) is 0 Å². The van der Waals surface area contributed by atoms with E-state index in [0.717, 1.165) is 10.9 Å². The van der Waals surface area contributed by atoms with Gasteiger partial charge in [-0.25, -0.2) is 4.79 Å². The minimum atomic E-state index is -0.324. The van der Waals surface area contributed by atoms with E-state index in [1.165, 1.54) is 12.3 Å². The molecule has 0 aliphatic carbocycles. The minimum absolute atomic E-state index is 0.324. The average Bonchev–Trinajstić information content (AvgIpc) is 2.33. The summed E-state index contributed by atoms with van der Waals surface area (Å²) in [6.45, 7) is 0. The van der Waals surface area contributed by atoms with Gasteiger partial charge in [-0.15, -0.1) is 0 Å². The fraction of sp³-hybridized carbons (Fsp3) is 0. The Hall–Kier alpha value is -1.51. The van der Waals surface area contributed by atoms with Crippen LogP contribution in [-0.4, -0.2) is 4.98 Å². The quantitative estimate of drug-likeness (QED) is 0.588. The Morgan fingerprint density at radius 1 is 1.50 bits per heavy atom. The van der Waals surface area contributed by atoms with Crippen molar-refractivity contribution >= 4 is 10.9 Å². The van der Waals surface area contributed by atoms with Gasteiger partial charge in [0.2, 0.25) is 0 Å². The number of fused-ring (bicyclic) bond motifs is 1. The second-order valence-corrected chi connectivity index (χ2v) is 2.05. The fourth-order valence-corrected chi connectivity index (χ4v) is 0.896. The average molecular weight is 135 g/mol. The molecule has 2 aromatic heterocycles. The van der Waals surface area contributed by atoms with Gasteiger partial charge in [0, 0.05) is 17.6 Å². The van der Waals surface area contributed by atoms with Gasteiger partial charge < -0.3 is 9.40 Å². The molecule has 0 saturated carbocycles. The van der Waals surface area contributed by atoms with E-state index in [-0.39, 0.29) is 5.63 Å². The van der Waals surface area contributed by atoms with Crippen molar-refractivity contribution in [3.05, 3.63) is 35.0 Å². The van der Waals surface area contributed by atoms with Crippen molar-refractivity contribution in [3.63, 3.8) is 0 Å². The van der Waals surface area contributed by atoms with E-state index in [0.29, 0.717) is 0 Å². The Bertz CT molecular complexity index is 399. The molecule has 50 valence electrons. The highest BCUT2D eigenvalue weighted by molar-refractivity contribution is 5.77. The van der Waals surface area contributed by atoms with Crippen molar-refractivity contribution in [2.75, 3.05) is 0 Å². The van der Waals surface area contributed by atoms with Crippen LogP contribution in [0.4, 0.5) is 0 Å². The molecule has 0 radical (unpaired) electrons. The molecule has 0 fully saturated rings. The molecule has 2 heterocycles. The van der Waals surface area contributed by atoms with Crippen LogP contribution < -0.4 is 5.63 Å². The van der Waals surface area contributed by atoms with Crippen LogP contribution in [0.15, 0.2) is 33.8 Å². The summed E-state index contributed by atoms with van der Waals surface area (Å²) in [5.41, 5.74) is 0.492. The normalized spacial score (nSPS) is 10.4. The smallest absolute Gasteiger partial charge is 0.337 e. The summed E-state index contributed by atoms with van der Waals surface area (Å²) in [6, 6.07) is 3.27. The van der Waals surface area contributed by atoms with Crippen LogP contribution in [-0.2, 0) is 0 Å². The Morgan fingerprint density at radius 3 is 3.30 bits per heavy atom. The number of aromatic amines is 1. The second kappa shape index (κ2) is 1.73. The molecule has 0 atom stereocenters. The lowest BCUT2D eigenvalue weighted by Crippen LogP contribution is -1.92. The summed E-state index contributed by atoms with van der Waals surface area (Å²) in [7, 11) is 0. The first-order chi connectivity index (χ1) is 4.86. The van der Waals surface area contributed by atoms with Crippen LogP contribution in [0.25, 0.3) is 10.9 Å². The molecule has 0 aliphatic rings. The highest BCUT2D eigenvalue weighted by atomic mass is 16.4. The molecule has 0 aromatic carbocycles. The lowest BCUT2D eigenvalue weighted by molar-refractivity contribution is 0.517. The highest BCUT2D eigenvalue weighted by Crippen LogP contribution is 2.06. The molecule has 0 unspecified atom stereocenters. The van der Waals surface area contributed by atoms with Gasteiger partial charge in [-0.3, -0.25) is 0 Å². The summed E-state index contributed by atoms with van der Waals surface area (Å²) < 4.78 is 4.62. The van der Waals surface area contributed by atoms with Crippen molar-refractivity contribution in [1.29, 1.82) is 0 Å². The molecular weight excluding hydrogens is 130 g/mol. The van der Waals surface area contributed by atoms with E-state index in [9.17, 15) is 4.79 Å². The molecule has 0 amide bonds. The lowest BCUT2D eigenvalue weighted by Gasteiger charge is -1.82. The number of hydrogen-bond donors (Lipinski definition) is 1. The maximum atomic E-state index is 10.6. The molecule has 2 aromatic rings. The molecule has 10 heavy (non-hydrogen) atoms. The van der Waals surface area contributed by atoms with E-state index in [1.807, 2.05) is 6.07 Å². The maximum Gasteiger partial charge on any atom is 0.337 e. The highest BCUT2D eigenvalue weighted by Gasteiger charge is 1.93. The Labute approximate surface area is 56.3 Å². The molecular formula is C7H5NO2. The zero-order valence-corrected chi connectivity index (χ0v) is 5.13. The lowest BCUT2D eigenvalue weighted by atomic mass is 10.4. The van der Waals surface area contributed by atoms with Gasteiger partial charge in [0.25, 0.3) is 0 Å². The third kappa shape index (κ3) is 0.639. The van der Waals surface area contributed by atoms with Crippen LogP contribution >= 0.6 is 0 Å². The van der Waals surface area contributed by atoms with Crippen LogP contribution in [0, 0.1) is 0 Å². The van der Waals surface area contributed by atoms with E-state index in [2.05, 4.69) is 9.40 Å². The third-order valence-corrected chi connectivity index (χ3v) is 1.38. The Balaban J connectivity index is 2.99. The molecule has 0 aliphatic heterocycles. The molecule has 3 heteroatoms. The monoisotopic (exact) mass is 135 g/mol.